The molecule has 2 N–H and O–H groups in total. The number of piperidine rings is 1. The van der Waals surface area contributed by atoms with E-state index in [4.69, 9.17) is 10.3 Å². The minimum absolute atomic E-state index is 0.0429. The van der Waals surface area contributed by atoms with Crippen molar-refractivity contribution in [1.29, 1.82) is 0 Å². The number of aromatic nitrogens is 2. The molecule has 1 aromatic heterocycles. The van der Waals surface area contributed by atoms with Gasteiger partial charge in [0, 0.05) is 37.7 Å². The van der Waals surface area contributed by atoms with Crippen molar-refractivity contribution >= 4 is 11.6 Å². The SMILES string of the molecule is Cc1nc(CC2CCCN(C(=O)c3cccc(N)c3)C2)no1. The van der Waals surface area contributed by atoms with Crippen molar-refractivity contribution in [3.8, 4) is 0 Å². The third-order valence-corrected chi connectivity index (χ3v) is 3.98. The summed E-state index contributed by atoms with van der Waals surface area (Å²) in [5, 5.41) is 3.94. The Morgan fingerprint density at radius 3 is 3.09 bits per heavy atom. The molecule has 6 heteroatoms. The Balaban J connectivity index is 1.66. The van der Waals surface area contributed by atoms with Crippen LogP contribution < -0.4 is 5.73 Å². The zero-order valence-electron chi connectivity index (χ0n) is 12.7. The summed E-state index contributed by atoms with van der Waals surface area (Å²) in [4.78, 5) is 18.7. The Labute approximate surface area is 129 Å². The molecule has 0 bridgehead atoms. The molecule has 2 heterocycles. The van der Waals surface area contributed by atoms with Crippen LogP contribution in [0.15, 0.2) is 28.8 Å². The van der Waals surface area contributed by atoms with Gasteiger partial charge in [0.2, 0.25) is 5.89 Å². The van der Waals surface area contributed by atoms with Crippen LogP contribution in [-0.4, -0.2) is 34.0 Å². The summed E-state index contributed by atoms with van der Waals surface area (Å²) in [5.74, 6) is 1.72. The number of hydrogen-bond acceptors (Lipinski definition) is 5. The molecule has 116 valence electrons. The lowest BCUT2D eigenvalue weighted by atomic mass is 9.94. The van der Waals surface area contributed by atoms with Gasteiger partial charge in [-0.1, -0.05) is 11.2 Å². The van der Waals surface area contributed by atoms with Crippen molar-refractivity contribution in [2.75, 3.05) is 18.8 Å². The lowest BCUT2D eigenvalue weighted by Gasteiger charge is -2.32. The summed E-state index contributed by atoms with van der Waals surface area (Å²) >= 11 is 0. The molecular weight excluding hydrogens is 280 g/mol. The second-order valence-corrected chi connectivity index (χ2v) is 5.82. The van der Waals surface area contributed by atoms with Crippen LogP contribution >= 0.6 is 0 Å². The summed E-state index contributed by atoms with van der Waals surface area (Å²) in [6.07, 6.45) is 2.82. The van der Waals surface area contributed by atoms with Crippen LogP contribution in [0.4, 0.5) is 5.69 Å². The largest absolute Gasteiger partial charge is 0.399 e. The van der Waals surface area contributed by atoms with E-state index in [9.17, 15) is 4.79 Å². The molecule has 0 spiro atoms. The summed E-state index contributed by atoms with van der Waals surface area (Å²) in [7, 11) is 0. The first kappa shape index (κ1) is 14.6. The van der Waals surface area contributed by atoms with Crippen LogP contribution in [0.3, 0.4) is 0 Å². The lowest BCUT2D eigenvalue weighted by Crippen LogP contribution is -2.40. The molecule has 1 atom stereocenters. The van der Waals surface area contributed by atoms with E-state index in [2.05, 4.69) is 10.1 Å². The molecule has 22 heavy (non-hydrogen) atoms. The third-order valence-electron chi connectivity index (χ3n) is 3.98. The summed E-state index contributed by atoms with van der Waals surface area (Å²) < 4.78 is 5.01. The van der Waals surface area contributed by atoms with Gasteiger partial charge < -0.3 is 15.2 Å². The topological polar surface area (TPSA) is 85.2 Å². The number of amides is 1. The van der Waals surface area contributed by atoms with E-state index in [1.165, 1.54) is 0 Å². The van der Waals surface area contributed by atoms with Gasteiger partial charge in [-0.3, -0.25) is 4.79 Å². The van der Waals surface area contributed by atoms with Gasteiger partial charge in [0.25, 0.3) is 5.91 Å². The summed E-state index contributed by atoms with van der Waals surface area (Å²) in [5.41, 5.74) is 7.02. The number of carbonyl (C=O) groups is 1. The number of anilines is 1. The number of nitrogens with two attached hydrogens (primary N) is 1. The van der Waals surface area contributed by atoms with Gasteiger partial charge in [0.05, 0.1) is 0 Å². The average molecular weight is 300 g/mol. The number of rotatable bonds is 3. The lowest BCUT2D eigenvalue weighted by molar-refractivity contribution is 0.0672. The van der Waals surface area contributed by atoms with Crippen molar-refractivity contribution < 1.29 is 9.32 Å². The minimum Gasteiger partial charge on any atom is -0.399 e. The second kappa shape index (κ2) is 6.17. The first-order valence-corrected chi connectivity index (χ1v) is 7.56. The normalized spacial score (nSPS) is 18.4. The molecule has 6 nitrogen and oxygen atoms in total. The molecule has 1 aliphatic rings. The third kappa shape index (κ3) is 3.27. The highest BCUT2D eigenvalue weighted by molar-refractivity contribution is 5.95. The van der Waals surface area contributed by atoms with E-state index in [0.717, 1.165) is 38.2 Å². The highest BCUT2D eigenvalue weighted by Gasteiger charge is 2.25. The van der Waals surface area contributed by atoms with E-state index in [1.54, 1.807) is 19.1 Å². The zero-order chi connectivity index (χ0) is 15.5. The quantitative estimate of drug-likeness (QED) is 0.877. The van der Waals surface area contributed by atoms with Crippen molar-refractivity contribution in [2.45, 2.75) is 26.2 Å². The van der Waals surface area contributed by atoms with Gasteiger partial charge in [0.1, 0.15) is 0 Å². The molecular formula is C16H20N4O2. The number of likely N-dealkylation sites (tertiary alicyclic amines) is 1. The van der Waals surface area contributed by atoms with Crippen LogP contribution in [0.25, 0.3) is 0 Å². The van der Waals surface area contributed by atoms with Crippen molar-refractivity contribution in [1.82, 2.24) is 15.0 Å². The molecule has 0 radical (unpaired) electrons. The van der Waals surface area contributed by atoms with E-state index in [0.29, 0.717) is 23.1 Å². The van der Waals surface area contributed by atoms with E-state index < -0.39 is 0 Å². The molecule has 2 aromatic rings. The van der Waals surface area contributed by atoms with Gasteiger partial charge in [0.15, 0.2) is 5.82 Å². The number of benzene rings is 1. The smallest absolute Gasteiger partial charge is 0.253 e. The van der Waals surface area contributed by atoms with Crippen LogP contribution in [0.5, 0.6) is 0 Å². The Kier molecular flexibility index (Phi) is 4.09. The Morgan fingerprint density at radius 1 is 1.50 bits per heavy atom. The number of carbonyl (C=O) groups excluding carboxylic acids is 1. The predicted octanol–water partition coefficient (Wildman–Crippen LogP) is 2.06. The molecule has 0 saturated carbocycles. The molecule has 0 aliphatic carbocycles. The maximum Gasteiger partial charge on any atom is 0.253 e. The van der Waals surface area contributed by atoms with E-state index in [1.807, 2.05) is 17.0 Å². The van der Waals surface area contributed by atoms with Gasteiger partial charge >= 0.3 is 0 Å². The predicted molar refractivity (Wildman–Crippen MR) is 82.2 cm³/mol. The maximum absolute atomic E-state index is 12.6. The second-order valence-electron chi connectivity index (χ2n) is 5.82. The molecule has 1 aliphatic heterocycles. The van der Waals surface area contributed by atoms with Gasteiger partial charge in [-0.15, -0.1) is 0 Å². The molecule has 1 fully saturated rings. The molecule has 1 saturated heterocycles. The van der Waals surface area contributed by atoms with Crippen molar-refractivity contribution in [3.63, 3.8) is 0 Å². The van der Waals surface area contributed by atoms with Crippen LogP contribution in [0, 0.1) is 12.8 Å². The average Bonchev–Trinajstić information content (AvgIpc) is 2.92. The fourth-order valence-corrected chi connectivity index (χ4v) is 2.95. The number of hydrogen-bond donors (Lipinski definition) is 1. The van der Waals surface area contributed by atoms with Gasteiger partial charge in [-0.25, -0.2) is 0 Å². The van der Waals surface area contributed by atoms with Crippen LogP contribution in [-0.2, 0) is 6.42 Å². The van der Waals surface area contributed by atoms with E-state index >= 15 is 0 Å². The number of nitrogen functional groups attached to an aromatic ring is 1. The first-order chi connectivity index (χ1) is 10.6. The fraction of sp³-hybridized carbons (Fsp3) is 0.438. The van der Waals surface area contributed by atoms with Crippen LogP contribution in [0.2, 0.25) is 0 Å². The monoisotopic (exact) mass is 300 g/mol. The molecule has 1 aromatic carbocycles. The van der Waals surface area contributed by atoms with Gasteiger partial charge in [-0.2, -0.15) is 4.98 Å². The van der Waals surface area contributed by atoms with E-state index in [-0.39, 0.29) is 5.91 Å². The van der Waals surface area contributed by atoms with Crippen molar-refractivity contribution in [2.24, 2.45) is 5.92 Å². The van der Waals surface area contributed by atoms with Gasteiger partial charge in [-0.05, 0) is 37.0 Å². The maximum atomic E-state index is 12.6. The number of aryl methyl sites for hydroxylation is 1. The Bertz CT molecular complexity index is 668. The minimum atomic E-state index is 0.0429. The zero-order valence-corrected chi connectivity index (χ0v) is 12.7. The fourth-order valence-electron chi connectivity index (χ4n) is 2.95. The molecule has 1 unspecified atom stereocenters. The summed E-state index contributed by atoms with van der Waals surface area (Å²) in [6.45, 7) is 3.30. The molecule has 3 rings (SSSR count). The highest BCUT2D eigenvalue weighted by Crippen LogP contribution is 2.22. The molecule has 1 amide bonds. The first-order valence-electron chi connectivity index (χ1n) is 7.56. The Hall–Kier alpha value is -2.37. The number of nitrogens with zero attached hydrogens (tertiary/aromatic N) is 3. The van der Waals surface area contributed by atoms with Crippen LogP contribution in [0.1, 0.15) is 34.9 Å². The Morgan fingerprint density at radius 2 is 2.36 bits per heavy atom. The standard InChI is InChI=1S/C16H20N4O2/c1-11-18-15(19-22-11)8-12-4-3-7-20(10-12)16(21)13-5-2-6-14(17)9-13/h2,5-6,9,12H,3-4,7-8,10,17H2,1H3. The summed E-state index contributed by atoms with van der Waals surface area (Å²) in [6, 6.07) is 7.14. The van der Waals surface area contributed by atoms with Crippen molar-refractivity contribution in [3.05, 3.63) is 41.5 Å². The highest BCUT2D eigenvalue weighted by atomic mass is 16.5.